The number of H-pyrrole nitrogens is 1. The van der Waals surface area contributed by atoms with Crippen LogP contribution in [0.5, 0.6) is 5.75 Å². The number of hydrogen-bond donors (Lipinski definition) is 1. The van der Waals surface area contributed by atoms with E-state index < -0.39 is 0 Å². The molecule has 4 rings (SSSR count). The van der Waals surface area contributed by atoms with E-state index in [1.807, 2.05) is 6.07 Å². The van der Waals surface area contributed by atoms with Gasteiger partial charge in [0.1, 0.15) is 11.3 Å². The number of aromatic amines is 1. The molecule has 2 aliphatic carbocycles. The van der Waals surface area contributed by atoms with Crippen molar-refractivity contribution < 1.29 is 4.74 Å². The molecule has 1 N–H and O–H groups in total. The molecule has 2 fully saturated rings. The van der Waals surface area contributed by atoms with Gasteiger partial charge >= 0.3 is 0 Å². The first-order valence-electron chi connectivity index (χ1n) is 7.97. The third-order valence-corrected chi connectivity index (χ3v) is 5.27. The Morgan fingerprint density at radius 3 is 2.76 bits per heavy atom. The molecular formula is C17H22N2OS. The number of aromatic nitrogens is 2. The van der Waals surface area contributed by atoms with Crippen molar-refractivity contribution in [3.05, 3.63) is 23.0 Å². The van der Waals surface area contributed by atoms with Gasteiger partial charge in [-0.1, -0.05) is 6.07 Å². The van der Waals surface area contributed by atoms with E-state index in [1.165, 1.54) is 31.2 Å². The van der Waals surface area contributed by atoms with Crippen molar-refractivity contribution in [3.63, 3.8) is 0 Å². The molecule has 1 aromatic heterocycles. The van der Waals surface area contributed by atoms with Crippen molar-refractivity contribution in [2.24, 2.45) is 11.3 Å². The molecule has 0 aliphatic heterocycles. The Morgan fingerprint density at radius 1 is 1.38 bits per heavy atom. The van der Waals surface area contributed by atoms with Crippen LogP contribution in [0.3, 0.4) is 0 Å². The normalized spacial score (nSPS) is 20.1. The number of hydrogen-bond acceptors (Lipinski definition) is 2. The molecule has 2 aliphatic rings. The molecule has 2 aromatic rings. The van der Waals surface area contributed by atoms with E-state index in [9.17, 15) is 0 Å². The molecule has 21 heavy (non-hydrogen) atoms. The van der Waals surface area contributed by atoms with E-state index in [2.05, 4.69) is 35.5 Å². The Kier molecular flexibility index (Phi) is 2.93. The van der Waals surface area contributed by atoms with Crippen molar-refractivity contribution >= 4 is 23.3 Å². The molecule has 2 saturated carbocycles. The first-order valence-corrected chi connectivity index (χ1v) is 8.38. The number of rotatable bonds is 5. The average Bonchev–Trinajstić information content (AvgIpc) is 3.31. The SMILES string of the molecule is CC(C)Oc1cccc2c1[nH]c(=S)n2CC1(C2CC2)CC1. The van der Waals surface area contributed by atoms with E-state index in [1.54, 1.807) is 0 Å². The summed E-state index contributed by atoms with van der Waals surface area (Å²) in [5.74, 6) is 1.85. The van der Waals surface area contributed by atoms with E-state index in [4.69, 9.17) is 17.0 Å². The third-order valence-electron chi connectivity index (χ3n) is 4.94. The van der Waals surface area contributed by atoms with Crippen molar-refractivity contribution in [1.29, 1.82) is 0 Å². The molecule has 0 amide bonds. The minimum Gasteiger partial charge on any atom is -0.489 e. The second-order valence-corrected chi connectivity index (χ2v) is 7.36. The van der Waals surface area contributed by atoms with Crippen LogP contribution in [0.15, 0.2) is 18.2 Å². The highest BCUT2D eigenvalue weighted by Gasteiger charge is 2.53. The minimum absolute atomic E-state index is 0.169. The quantitative estimate of drug-likeness (QED) is 0.813. The maximum atomic E-state index is 5.91. The topological polar surface area (TPSA) is 29.9 Å². The highest BCUT2D eigenvalue weighted by Crippen LogP contribution is 2.62. The van der Waals surface area contributed by atoms with Gasteiger partial charge in [0.2, 0.25) is 0 Å². The fraction of sp³-hybridized carbons (Fsp3) is 0.588. The highest BCUT2D eigenvalue weighted by atomic mass is 32.1. The summed E-state index contributed by atoms with van der Waals surface area (Å²) >= 11 is 5.58. The highest BCUT2D eigenvalue weighted by molar-refractivity contribution is 7.71. The summed E-state index contributed by atoms with van der Waals surface area (Å²) in [6.07, 6.45) is 5.74. The smallest absolute Gasteiger partial charge is 0.178 e. The first kappa shape index (κ1) is 13.4. The summed E-state index contributed by atoms with van der Waals surface area (Å²) in [4.78, 5) is 3.36. The van der Waals surface area contributed by atoms with E-state index in [0.717, 1.165) is 28.5 Å². The molecule has 0 bridgehead atoms. The van der Waals surface area contributed by atoms with Crippen molar-refractivity contribution in [1.82, 2.24) is 9.55 Å². The predicted molar refractivity (Wildman–Crippen MR) is 87.3 cm³/mol. The van der Waals surface area contributed by atoms with Crippen LogP contribution in [-0.2, 0) is 6.54 Å². The standard InChI is InChI=1S/C17H22N2OS/c1-11(2)20-14-5-3-4-13-15(14)18-16(21)19(13)10-17(8-9-17)12-6-7-12/h3-5,11-12H,6-10H2,1-2H3,(H,18,21). The average molecular weight is 302 g/mol. The summed E-state index contributed by atoms with van der Waals surface area (Å²) in [6, 6.07) is 6.24. The number of nitrogens with zero attached hydrogens (tertiary/aromatic N) is 1. The lowest BCUT2D eigenvalue weighted by Crippen LogP contribution is -2.13. The van der Waals surface area contributed by atoms with E-state index >= 15 is 0 Å². The van der Waals surface area contributed by atoms with Gasteiger partial charge in [-0.05, 0) is 75.2 Å². The number of benzene rings is 1. The molecule has 0 unspecified atom stereocenters. The Hall–Kier alpha value is -1.29. The van der Waals surface area contributed by atoms with Crippen LogP contribution in [0.1, 0.15) is 39.5 Å². The summed E-state index contributed by atoms with van der Waals surface area (Å²) in [5, 5.41) is 0. The molecule has 0 atom stereocenters. The Labute approximate surface area is 130 Å². The molecular weight excluding hydrogens is 280 g/mol. The second-order valence-electron chi connectivity index (χ2n) is 6.97. The van der Waals surface area contributed by atoms with Gasteiger partial charge in [-0.3, -0.25) is 0 Å². The summed E-state index contributed by atoms with van der Waals surface area (Å²) in [7, 11) is 0. The van der Waals surface area contributed by atoms with Crippen molar-refractivity contribution in [3.8, 4) is 5.75 Å². The lowest BCUT2D eigenvalue weighted by atomic mass is 10.0. The summed E-state index contributed by atoms with van der Waals surface area (Å²) in [6.45, 7) is 5.18. The molecule has 0 radical (unpaired) electrons. The van der Waals surface area contributed by atoms with Gasteiger partial charge in [0.05, 0.1) is 11.6 Å². The zero-order chi connectivity index (χ0) is 14.6. The maximum absolute atomic E-state index is 5.91. The summed E-state index contributed by atoms with van der Waals surface area (Å²) < 4.78 is 9.04. The Bertz CT molecular complexity index is 735. The zero-order valence-corrected chi connectivity index (χ0v) is 13.5. The zero-order valence-electron chi connectivity index (χ0n) is 12.7. The second kappa shape index (κ2) is 4.60. The van der Waals surface area contributed by atoms with Crippen molar-refractivity contribution in [2.75, 3.05) is 0 Å². The number of para-hydroxylation sites is 1. The van der Waals surface area contributed by atoms with Crippen LogP contribution in [0.4, 0.5) is 0 Å². The number of fused-ring (bicyclic) bond motifs is 1. The van der Waals surface area contributed by atoms with Gasteiger partial charge in [0.25, 0.3) is 0 Å². The lowest BCUT2D eigenvalue weighted by molar-refractivity contribution is 0.245. The molecule has 3 nitrogen and oxygen atoms in total. The largest absolute Gasteiger partial charge is 0.489 e. The number of imidazole rings is 1. The minimum atomic E-state index is 0.169. The predicted octanol–water partition coefficient (Wildman–Crippen LogP) is 4.68. The Balaban J connectivity index is 1.75. The molecule has 1 heterocycles. The van der Waals surface area contributed by atoms with Crippen LogP contribution >= 0.6 is 12.2 Å². The van der Waals surface area contributed by atoms with Crippen LogP contribution in [0.25, 0.3) is 11.0 Å². The van der Waals surface area contributed by atoms with E-state index in [-0.39, 0.29) is 6.10 Å². The van der Waals surface area contributed by atoms with Crippen LogP contribution < -0.4 is 4.74 Å². The van der Waals surface area contributed by atoms with E-state index in [0.29, 0.717) is 5.41 Å². The number of nitrogens with one attached hydrogen (secondary N) is 1. The molecule has 112 valence electrons. The van der Waals surface area contributed by atoms with Crippen LogP contribution in [-0.4, -0.2) is 15.7 Å². The first-order chi connectivity index (χ1) is 10.1. The monoisotopic (exact) mass is 302 g/mol. The molecule has 0 saturated heterocycles. The fourth-order valence-electron chi connectivity index (χ4n) is 3.53. The van der Waals surface area contributed by atoms with Gasteiger partial charge in [0, 0.05) is 6.54 Å². The van der Waals surface area contributed by atoms with Gasteiger partial charge in [-0.25, -0.2) is 0 Å². The van der Waals surface area contributed by atoms with Crippen molar-refractivity contribution in [2.45, 2.75) is 52.2 Å². The van der Waals surface area contributed by atoms with Crippen LogP contribution in [0.2, 0.25) is 0 Å². The Morgan fingerprint density at radius 2 is 2.14 bits per heavy atom. The lowest BCUT2D eigenvalue weighted by Gasteiger charge is -2.16. The van der Waals surface area contributed by atoms with Gasteiger partial charge in [-0.2, -0.15) is 0 Å². The van der Waals surface area contributed by atoms with Gasteiger partial charge < -0.3 is 14.3 Å². The van der Waals surface area contributed by atoms with Gasteiger partial charge in [0.15, 0.2) is 4.77 Å². The molecule has 4 heteroatoms. The molecule has 0 spiro atoms. The number of ether oxygens (including phenoxy) is 1. The van der Waals surface area contributed by atoms with Gasteiger partial charge in [-0.15, -0.1) is 0 Å². The van der Waals surface area contributed by atoms with Crippen LogP contribution in [0, 0.1) is 16.1 Å². The summed E-state index contributed by atoms with van der Waals surface area (Å²) in [5.41, 5.74) is 2.77. The maximum Gasteiger partial charge on any atom is 0.178 e. The fourth-order valence-corrected chi connectivity index (χ4v) is 3.79. The third kappa shape index (κ3) is 2.30. The molecule has 1 aromatic carbocycles.